The fourth-order valence-electron chi connectivity index (χ4n) is 2.89. The first-order valence-corrected chi connectivity index (χ1v) is 8.42. The number of fused-ring (bicyclic) bond motifs is 1. The van der Waals surface area contributed by atoms with Gasteiger partial charge in [-0.05, 0) is 12.1 Å². The Bertz CT molecular complexity index is 1240. The highest BCUT2D eigenvalue weighted by Crippen LogP contribution is 2.29. The van der Waals surface area contributed by atoms with Crippen molar-refractivity contribution in [2.24, 2.45) is 7.05 Å². The van der Waals surface area contributed by atoms with E-state index in [0.717, 1.165) is 22.2 Å². The molecule has 1 N–H and O–H groups in total. The average molecular weight is 375 g/mol. The number of pyridine rings is 1. The molecule has 8 heteroatoms. The summed E-state index contributed by atoms with van der Waals surface area (Å²) in [5, 5.41) is 8.61. The maximum absolute atomic E-state index is 11.5. The fourth-order valence-corrected chi connectivity index (χ4v) is 2.89. The van der Waals surface area contributed by atoms with Crippen LogP contribution in [0.3, 0.4) is 0 Å². The summed E-state index contributed by atoms with van der Waals surface area (Å²) in [5.41, 5.74) is 4.42. The standard InChI is InChI=1S/C20H17N5O3/c1-24-11-16(10-22-24)15-7-18(27-2)19-14(9-23-25(19)12-15)5-4-13-6-17(21-8-13)20(26)28-3/h6-12,21H,1-3H3. The summed E-state index contributed by atoms with van der Waals surface area (Å²) in [6.45, 7) is 0. The number of rotatable bonds is 3. The second-order valence-electron chi connectivity index (χ2n) is 6.09. The minimum Gasteiger partial charge on any atom is -0.494 e. The molecule has 0 saturated heterocycles. The summed E-state index contributed by atoms with van der Waals surface area (Å²) < 4.78 is 13.7. The van der Waals surface area contributed by atoms with Gasteiger partial charge >= 0.3 is 5.97 Å². The number of hydrogen-bond donors (Lipinski definition) is 1. The average Bonchev–Trinajstić information content (AvgIpc) is 3.44. The molecular weight excluding hydrogens is 358 g/mol. The molecule has 4 heterocycles. The van der Waals surface area contributed by atoms with E-state index in [1.54, 1.807) is 41.0 Å². The van der Waals surface area contributed by atoms with Crippen molar-refractivity contribution in [3.8, 4) is 28.7 Å². The van der Waals surface area contributed by atoms with Gasteiger partial charge in [-0.15, -0.1) is 0 Å². The van der Waals surface area contributed by atoms with E-state index < -0.39 is 5.97 Å². The number of carbonyl (C=O) groups is 1. The van der Waals surface area contributed by atoms with Gasteiger partial charge in [0.1, 0.15) is 17.0 Å². The number of nitrogens with one attached hydrogen (secondary N) is 1. The van der Waals surface area contributed by atoms with Gasteiger partial charge in [0.05, 0.1) is 32.2 Å². The minimum absolute atomic E-state index is 0.352. The monoisotopic (exact) mass is 375 g/mol. The molecule has 0 spiro atoms. The van der Waals surface area contributed by atoms with Gasteiger partial charge in [-0.1, -0.05) is 11.8 Å². The molecule has 140 valence electrons. The predicted octanol–water partition coefficient (Wildman–Crippen LogP) is 2.26. The first-order valence-electron chi connectivity index (χ1n) is 8.42. The Morgan fingerprint density at radius 3 is 2.68 bits per heavy atom. The van der Waals surface area contributed by atoms with Crippen molar-refractivity contribution in [2.75, 3.05) is 14.2 Å². The Hall–Kier alpha value is -3.99. The molecule has 0 amide bonds. The molecule has 0 fully saturated rings. The van der Waals surface area contributed by atoms with Crippen LogP contribution in [0.15, 0.2) is 43.1 Å². The molecule has 0 unspecified atom stereocenters. The third-order valence-electron chi connectivity index (χ3n) is 4.26. The van der Waals surface area contributed by atoms with Crippen molar-refractivity contribution >= 4 is 11.5 Å². The SMILES string of the molecule is COC(=O)c1cc(C#Cc2cnn3cc(-c4cnn(C)c4)cc(OC)c23)c[nH]1. The number of nitrogens with zero attached hydrogens (tertiary/aromatic N) is 4. The summed E-state index contributed by atoms with van der Waals surface area (Å²) in [6, 6.07) is 3.58. The van der Waals surface area contributed by atoms with Crippen LogP contribution in [0.2, 0.25) is 0 Å². The van der Waals surface area contributed by atoms with E-state index in [0.29, 0.717) is 17.0 Å². The quantitative estimate of drug-likeness (QED) is 0.438. The second-order valence-corrected chi connectivity index (χ2v) is 6.09. The molecule has 0 aliphatic carbocycles. The number of aromatic nitrogens is 5. The lowest BCUT2D eigenvalue weighted by molar-refractivity contribution is 0.0595. The van der Waals surface area contributed by atoms with Gasteiger partial charge in [0, 0.05) is 42.3 Å². The number of esters is 1. The van der Waals surface area contributed by atoms with E-state index in [1.165, 1.54) is 7.11 Å². The molecule has 28 heavy (non-hydrogen) atoms. The number of aromatic amines is 1. The normalized spacial score (nSPS) is 10.5. The summed E-state index contributed by atoms with van der Waals surface area (Å²) in [5.74, 6) is 6.34. The lowest BCUT2D eigenvalue weighted by Crippen LogP contribution is -2.00. The van der Waals surface area contributed by atoms with Crippen LogP contribution in [0.5, 0.6) is 5.75 Å². The maximum atomic E-state index is 11.5. The summed E-state index contributed by atoms with van der Waals surface area (Å²) >= 11 is 0. The third-order valence-corrected chi connectivity index (χ3v) is 4.26. The summed E-state index contributed by atoms with van der Waals surface area (Å²) in [7, 11) is 4.81. The topological polar surface area (TPSA) is 86.4 Å². The number of ether oxygens (including phenoxy) is 2. The zero-order valence-corrected chi connectivity index (χ0v) is 15.6. The van der Waals surface area contributed by atoms with Crippen LogP contribution >= 0.6 is 0 Å². The van der Waals surface area contributed by atoms with Crippen molar-refractivity contribution in [2.45, 2.75) is 0 Å². The van der Waals surface area contributed by atoms with Crippen molar-refractivity contribution in [3.63, 3.8) is 0 Å². The van der Waals surface area contributed by atoms with E-state index >= 15 is 0 Å². The molecule has 0 bridgehead atoms. The number of hydrogen-bond acceptors (Lipinski definition) is 5. The van der Waals surface area contributed by atoms with Crippen molar-refractivity contribution in [1.29, 1.82) is 0 Å². The predicted molar refractivity (Wildman–Crippen MR) is 102 cm³/mol. The van der Waals surface area contributed by atoms with E-state index in [4.69, 9.17) is 4.74 Å². The number of aryl methyl sites for hydroxylation is 1. The molecule has 4 aromatic rings. The number of carbonyl (C=O) groups excluding carboxylic acids is 1. The van der Waals surface area contributed by atoms with E-state index in [1.807, 2.05) is 25.5 Å². The fraction of sp³-hybridized carbons (Fsp3) is 0.150. The van der Waals surface area contributed by atoms with Crippen LogP contribution < -0.4 is 4.74 Å². The maximum Gasteiger partial charge on any atom is 0.354 e. The smallest absolute Gasteiger partial charge is 0.354 e. The van der Waals surface area contributed by atoms with Gasteiger partial charge in [0.15, 0.2) is 0 Å². The lowest BCUT2D eigenvalue weighted by atomic mass is 10.1. The van der Waals surface area contributed by atoms with Crippen LogP contribution in [0.4, 0.5) is 0 Å². The van der Waals surface area contributed by atoms with Crippen LogP contribution in [0.25, 0.3) is 16.6 Å². The zero-order chi connectivity index (χ0) is 19.7. The molecule has 0 radical (unpaired) electrons. The van der Waals surface area contributed by atoms with Gasteiger partial charge in [-0.25, -0.2) is 9.31 Å². The molecule has 4 aromatic heterocycles. The molecule has 0 aliphatic heterocycles. The molecule has 0 aromatic carbocycles. The lowest BCUT2D eigenvalue weighted by Gasteiger charge is -2.06. The van der Waals surface area contributed by atoms with Crippen LogP contribution in [0, 0.1) is 11.8 Å². The molecule has 0 aliphatic rings. The van der Waals surface area contributed by atoms with Crippen molar-refractivity contribution < 1.29 is 14.3 Å². The van der Waals surface area contributed by atoms with Gasteiger partial charge < -0.3 is 14.5 Å². The van der Waals surface area contributed by atoms with Gasteiger partial charge in [0.2, 0.25) is 0 Å². The van der Waals surface area contributed by atoms with Crippen LogP contribution in [-0.4, -0.2) is 44.6 Å². The number of H-pyrrole nitrogens is 1. The van der Waals surface area contributed by atoms with Crippen LogP contribution in [-0.2, 0) is 11.8 Å². The van der Waals surface area contributed by atoms with E-state index in [9.17, 15) is 4.79 Å². The highest BCUT2D eigenvalue weighted by atomic mass is 16.5. The molecule has 8 nitrogen and oxygen atoms in total. The summed E-state index contributed by atoms with van der Waals surface area (Å²) in [6.07, 6.45) is 8.96. The Labute approximate surface area is 160 Å². The Balaban J connectivity index is 1.73. The zero-order valence-electron chi connectivity index (χ0n) is 15.6. The van der Waals surface area contributed by atoms with E-state index in [-0.39, 0.29) is 0 Å². The number of methoxy groups -OCH3 is 2. The highest BCUT2D eigenvalue weighted by Gasteiger charge is 2.13. The Morgan fingerprint density at radius 1 is 1.11 bits per heavy atom. The molecule has 4 rings (SSSR count). The van der Waals surface area contributed by atoms with Gasteiger partial charge in [-0.3, -0.25) is 4.68 Å². The molecule has 0 atom stereocenters. The summed E-state index contributed by atoms with van der Waals surface area (Å²) in [4.78, 5) is 14.4. The molecule has 0 saturated carbocycles. The van der Waals surface area contributed by atoms with E-state index in [2.05, 4.69) is 31.8 Å². The van der Waals surface area contributed by atoms with Crippen molar-refractivity contribution in [3.05, 3.63) is 59.9 Å². The first-order chi connectivity index (χ1) is 13.6. The van der Waals surface area contributed by atoms with Gasteiger partial charge in [0.25, 0.3) is 0 Å². The molecular formula is C20H17N5O3. The Kier molecular flexibility index (Phi) is 4.33. The minimum atomic E-state index is -0.436. The largest absolute Gasteiger partial charge is 0.494 e. The Morgan fingerprint density at radius 2 is 1.96 bits per heavy atom. The third kappa shape index (κ3) is 3.10. The van der Waals surface area contributed by atoms with Gasteiger partial charge in [-0.2, -0.15) is 10.2 Å². The first kappa shape index (κ1) is 17.4. The highest BCUT2D eigenvalue weighted by molar-refractivity contribution is 5.87. The second kappa shape index (κ2) is 6.96. The van der Waals surface area contributed by atoms with Crippen LogP contribution in [0.1, 0.15) is 21.6 Å². The van der Waals surface area contributed by atoms with Crippen molar-refractivity contribution in [1.82, 2.24) is 24.4 Å².